The van der Waals surface area contributed by atoms with E-state index in [-0.39, 0.29) is 23.8 Å². The lowest BCUT2D eigenvalue weighted by atomic mass is 9.96. The molecule has 0 spiro atoms. The fourth-order valence-corrected chi connectivity index (χ4v) is 5.38. The third kappa shape index (κ3) is 6.06. The maximum absolute atomic E-state index is 13.5. The lowest BCUT2D eigenvalue weighted by Crippen LogP contribution is -2.31. The van der Waals surface area contributed by atoms with Gasteiger partial charge >= 0.3 is 0 Å². The molecule has 0 aromatic carbocycles. The molecule has 0 unspecified atom stereocenters. The largest absolute Gasteiger partial charge is 0.364 e. The molecule has 5 rings (SSSR count). The number of anilines is 1. The van der Waals surface area contributed by atoms with Crippen LogP contribution in [0.25, 0.3) is 22.4 Å². The number of ketones is 1. The first-order chi connectivity index (χ1) is 19.5. The summed E-state index contributed by atoms with van der Waals surface area (Å²) in [5.74, 6) is 0.0367. The van der Waals surface area contributed by atoms with Crippen LogP contribution in [0.2, 0.25) is 4.34 Å². The minimum absolute atomic E-state index is 0.203. The van der Waals surface area contributed by atoms with Crippen molar-refractivity contribution in [2.24, 2.45) is 5.41 Å². The van der Waals surface area contributed by atoms with Crippen molar-refractivity contribution in [3.63, 3.8) is 0 Å². The summed E-state index contributed by atoms with van der Waals surface area (Å²) in [6.07, 6.45) is 7.48. The highest BCUT2D eigenvalue weighted by Crippen LogP contribution is 2.34. The Morgan fingerprint density at radius 1 is 1.12 bits per heavy atom. The standard InChI is InChI=1S/C29H27ClN6O4S/c1-29(2,3)28(39)36-26(34(4)14-20-7-8-25(30)41-20)11-23(33-36)21-10-27(38)35(16-24(37)19-13-32-40-17-19)15-22(21)18-6-5-9-31-12-18/h5-13,15,17H,14,16H2,1-4H3. The van der Waals surface area contributed by atoms with Crippen LogP contribution in [0.1, 0.15) is 40.8 Å². The maximum Gasteiger partial charge on any atom is 0.254 e. The number of Topliss-reactive ketones (excluding diaryl/α,β-unsaturated/α-hetero) is 1. The Bertz CT molecular complexity index is 1770. The summed E-state index contributed by atoms with van der Waals surface area (Å²) in [5.41, 5.74) is 1.42. The zero-order valence-electron chi connectivity index (χ0n) is 22.9. The van der Waals surface area contributed by atoms with Crippen LogP contribution in [0.15, 0.2) is 76.8 Å². The van der Waals surface area contributed by atoms with Crippen LogP contribution in [-0.4, -0.2) is 43.2 Å². The van der Waals surface area contributed by atoms with Crippen molar-refractivity contribution in [3.8, 4) is 22.4 Å². The van der Waals surface area contributed by atoms with E-state index in [1.807, 2.05) is 50.9 Å². The smallest absolute Gasteiger partial charge is 0.254 e. The molecular formula is C29H27ClN6O4S. The number of hydrogen-bond acceptors (Lipinski definition) is 9. The molecule has 0 amide bonds. The maximum atomic E-state index is 13.5. The number of pyridine rings is 2. The van der Waals surface area contributed by atoms with Gasteiger partial charge in [-0.15, -0.1) is 11.3 Å². The summed E-state index contributed by atoms with van der Waals surface area (Å²) in [6, 6.07) is 10.6. The third-order valence-electron chi connectivity index (χ3n) is 6.38. The number of carbonyl (C=O) groups is 2. The average molecular weight is 591 g/mol. The molecule has 0 fully saturated rings. The molecule has 10 nitrogen and oxygen atoms in total. The molecule has 5 heterocycles. The summed E-state index contributed by atoms with van der Waals surface area (Å²) in [5, 5.41) is 8.29. The minimum Gasteiger partial charge on any atom is -0.364 e. The zero-order valence-corrected chi connectivity index (χ0v) is 24.4. The van der Waals surface area contributed by atoms with E-state index in [1.165, 1.54) is 39.1 Å². The molecule has 0 atom stereocenters. The van der Waals surface area contributed by atoms with E-state index in [1.54, 1.807) is 30.7 Å². The number of nitrogens with zero attached hydrogens (tertiary/aromatic N) is 6. The van der Waals surface area contributed by atoms with Crippen LogP contribution >= 0.6 is 22.9 Å². The van der Waals surface area contributed by atoms with Crippen molar-refractivity contribution in [1.29, 1.82) is 0 Å². The van der Waals surface area contributed by atoms with Crippen molar-refractivity contribution >= 4 is 40.4 Å². The summed E-state index contributed by atoms with van der Waals surface area (Å²) in [7, 11) is 1.87. The van der Waals surface area contributed by atoms with E-state index in [0.717, 1.165) is 4.88 Å². The van der Waals surface area contributed by atoms with Crippen molar-refractivity contribution < 1.29 is 14.1 Å². The predicted octanol–water partition coefficient (Wildman–Crippen LogP) is 5.68. The van der Waals surface area contributed by atoms with Crippen molar-refractivity contribution in [3.05, 3.63) is 92.6 Å². The Kier molecular flexibility index (Phi) is 7.74. The Balaban J connectivity index is 1.63. The second-order valence-electron chi connectivity index (χ2n) is 10.6. The Labute approximate surface area is 244 Å². The minimum atomic E-state index is -0.719. The lowest BCUT2D eigenvalue weighted by molar-refractivity contribution is 0.0751. The zero-order chi connectivity index (χ0) is 29.3. The molecule has 210 valence electrons. The number of hydrogen-bond donors (Lipinski definition) is 0. The van der Waals surface area contributed by atoms with Gasteiger partial charge in [0.15, 0.2) is 5.78 Å². The lowest BCUT2D eigenvalue weighted by Gasteiger charge is -2.22. The monoisotopic (exact) mass is 590 g/mol. The molecule has 0 saturated heterocycles. The Morgan fingerprint density at radius 3 is 2.56 bits per heavy atom. The van der Waals surface area contributed by atoms with Gasteiger partial charge in [-0.1, -0.05) is 43.6 Å². The Morgan fingerprint density at radius 2 is 1.93 bits per heavy atom. The van der Waals surface area contributed by atoms with Crippen molar-refractivity contribution in [2.75, 3.05) is 11.9 Å². The van der Waals surface area contributed by atoms with Gasteiger partial charge in [0.1, 0.15) is 12.1 Å². The van der Waals surface area contributed by atoms with Crippen LogP contribution in [0.3, 0.4) is 0 Å². The summed E-state index contributed by atoms with van der Waals surface area (Å²) in [4.78, 5) is 46.7. The summed E-state index contributed by atoms with van der Waals surface area (Å²) in [6.45, 7) is 5.78. The highest BCUT2D eigenvalue weighted by molar-refractivity contribution is 7.16. The normalized spacial score (nSPS) is 11.5. The highest BCUT2D eigenvalue weighted by Gasteiger charge is 2.29. The van der Waals surface area contributed by atoms with Gasteiger partial charge in [-0.3, -0.25) is 19.4 Å². The van der Waals surface area contributed by atoms with Gasteiger partial charge in [-0.25, -0.2) is 0 Å². The van der Waals surface area contributed by atoms with Gasteiger partial charge in [0.25, 0.3) is 11.5 Å². The molecule has 5 aromatic rings. The average Bonchev–Trinajstić information content (AvgIpc) is 3.70. The predicted molar refractivity (Wildman–Crippen MR) is 158 cm³/mol. The van der Waals surface area contributed by atoms with Crippen LogP contribution in [0.5, 0.6) is 0 Å². The number of rotatable bonds is 8. The van der Waals surface area contributed by atoms with Gasteiger partial charge in [0, 0.05) is 64.8 Å². The number of carbonyl (C=O) groups excluding carboxylic acids is 2. The molecule has 0 aliphatic heterocycles. The second kappa shape index (κ2) is 11.3. The first kappa shape index (κ1) is 28.2. The second-order valence-corrected chi connectivity index (χ2v) is 12.4. The van der Waals surface area contributed by atoms with Gasteiger partial charge in [-0.05, 0) is 18.2 Å². The fraction of sp³-hybridized carbons (Fsp3) is 0.241. The first-order valence-electron chi connectivity index (χ1n) is 12.7. The summed E-state index contributed by atoms with van der Waals surface area (Å²) >= 11 is 7.60. The van der Waals surface area contributed by atoms with E-state index in [9.17, 15) is 14.4 Å². The fourth-order valence-electron chi connectivity index (χ4n) is 4.24. The van der Waals surface area contributed by atoms with E-state index in [0.29, 0.717) is 39.1 Å². The van der Waals surface area contributed by atoms with Crippen molar-refractivity contribution in [1.82, 2.24) is 24.5 Å². The van der Waals surface area contributed by atoms with E-state index < -0.39 is 11.0 Å². The van der Waals surface area contributed by atoms with Gasteiger partial charge in [-0.2, -0.15) is 9.78 Å². The first-order valence-corrected chi connectivity index (χ1v) is 13.9. The molecule has 0 N–H and O–H groups in total. The molecule has 0 aliphatic carbocycles. The van der Waals surface area contributed by atoms with E-state index >= 15 is 0 Å². The summed E-state index contributed by atoms with van der Waals surface area (Å²) < 4.78 is 8.16. The van der Waals surface area contributed by atoms with E-state index in [4.69, 9.17) is 21.2 Å². The van der Waals surface area contributed by atoms with Gasteiger partial charge in [0.2, 0.25) is 0 Å². The van der Waals surface area contributed by atoms with Crippen molar-refractivity contribution in [2.45, 2.75) is 33.9 Å². The molecular weight excluding hydrogens is 564 g/mol. The quantitative estimate of drug-likeness (QED) is 0.212. The van der Waals surface area contributed by atoms with Crippen LogP contribution in [-0.2, 0) is 13.1 Å². The molecule has 0 bridgehead atoms. The molecule has 0 radical (unpaired) electrons. The van der Waals surface area contributed by atoms with Gasteiger partial charge in [0.05, 0.1) is 34.9 Å². The van der Waals surface area contributed by atoms with Crippen LogP contribution in [0.4, 0.5) is 5.82 Å². The van der Waals surface area contributed by atoms with E-state index in [2.05, 4.69) is 10.1 Å². The number of aromatic nitrogens is 5. The molecule has 0 aliphatic rings. The molecule has 41 heavy (non-hydrogen) atoms. The molecule has 5 aromatic heterocycles. The van der Waals surface area contributed by atoms with Crippen LogP contribution in [0, 0.1) is 5.41 Å². The topological polar surface area (TPSA) is 116 Å². The molecule has 12 heteroatoms. The number of thiophene rings is 1. The van der Waals surface area contributed by atoms with Gasteiger partial charge < -0.3 is 14.0 Å². The Hall–Kier alpha value is -4.35. The number of halogens is 1. The SMILES string of the molecule is CN(Cc1ccc(Cl)s1)c1cc(-c2cc(=O)n(CC(=O)c3cnoc3)cc2-c2cccnc2)nn1C(=O)C(C)(C)C. The van der Waals surface area contributed by atoms with Crippen LogP contribution < -0.4 is 10.5 Å². The third-order valence-corrected chi connectivity index (χ3v) is 7.60. The highest BCUT2D eigenvalue weighted by atomic mass is 35.5. The molecule has 0 saturated carbocycles.